The van der Waals surface area contributed by atoms with Gasteiger partial charge in [-0.15, -0.1) is 0 Å². The molecule has 0 atom stereocenters. The molecule has 5 nitrogen and oxygen atoms in total. The van der Waals surface area contributed by atoms with E-state index < -0.39 is 5.60 Å². The number of rotatable bonds is 4. The molecule has 1 aromatic rings. The number of aromatic nitrogens is 2. The van der Waals surface area contributed by atoms with Crippen LogP contribution in [0, 0.1) is 5.41 Å². The van der Waals surface area contributed by atoms with Crippen molar-refractivity contribution < 1.29 is 9.90 Å². The summed E-state index contributed by atoms with van der Waals surface area (Å²) in [4.78, 5) is 16.7. The molecule has 1 amide bonds. The first-order valence-electron chi connectivity index (χ1n) is 8.19. The van der Waals surface area contributed by atoms with Crippen molar-refractivity contribution >= 4 is 5.91 Å². The lowest BCUT2D eigenvalue weighted by molar-refractivity contribution is -0.0948. The summed E-state index contributed by atoms with van der Waals surface area (Å²) in [6.45, 7) is 1.48. The van der Waals surface area contributed by atoms with Crippen molar-refractivity contribution in [3.8, 4) is 0 Å². The standard InChI is InChI=1S/C16H23N3O2/c20-14(13-17-10-12-4-1-2-9-19(12)13)18-11-15(7-8-15)16(21)5-3-6-16/h10,21H,1-9,11H2,(H,18,20). The van der Waals surface area contributed by atoms with Crippen LogP contribution in [-0.2, 0) is 13.0 Å². The van der Waals surface area contributed by atoms with E-state index in [1.54, 1.807) is 0 Å². The first kappa shape index (κ1) is 13.3. The second kappa shape index (κ2) is 4.57. The van der Waals surface area contributed by atoms with E-state index in [0.29, 0.717) is 12.4 Å². The van der Waals surface area contributed by atoms with Crippen LogP contribution in [0.1, 0.15) is 61.3 Å². The molecule has 3 aliphatic rings. The average molecular weight is 289 g/mol. The predicted octanol–water partition coefficient (Wildman–Crippen LogP) is 1.64. The van der Waals surface area contributed by atoms with Crippen LogP contribution in [0.2, 0.25) is 0 Å². The van der Waals surface area contributed by atoms with Gasteiger partial charge < -0.3 is 15.0 Å². The maximum absolute atomic E-state index is 12.4. The van der Waals surface area contributed by atoms with Gasteiger partial charge in [0, 0.05) is 30.4 Å². The lowest BCUT2D eigenvalue weighted by Gasteiger charge is -2.44. The normalized spacial score (nSPS) is 24.8. The molecule has 21 heavy (non-hydrogen) atoms. The van der Waals surface area contributed by atoms with Gasteiger partial charge in [-0.05, 0) is 51.4 Å². The van der Waals surface area contributed by atoms with Crippen LogP contribution >= 0.6 is 0 Å². The van der Waals surface area contributed by atoms with E-state index in [-0.39, 0.29) is 11.3 Å². The van der Waals surface area contributed by atoms with Crippen molar-refractivity contribution in [2.24, 2.45) is 5.41 Å². The lowest BCUT2D eigenvalue weighted by Crippen LogP contribution is -2.51. The molecule has 0 aromatic carbocycles. The molecule has 1 aliphatic heterocycles. The van der Waals surface area contributed by atoms with Crippen molar-refractivity contribution in [2.75, 3.05) is 6.54 Å². The summed E-state index contributed by atoms with van der Waals surface area (Å²) in [5, 5.41) is 13.6. The van der Waals surface area contributed by atoms with Gasteiger partial charge in [0.25, 0.3) is 5.91 Å². The highest BCUT2D eigenvalue weighted by Crippen LogP contribution is 2.60. The highest BCUT2D eigenvalue weighted by atomic mass is 16.3. The van der Waals surface area contributed by atoms with Gasteiger partial charge in [-0.3, -0.25) is 4.79 Å². The number of nitrogens with one attached hydrogen (secondary N) is 1. The summed E-state index contributed by atoms with van der Waals surface area (Å²) in [7, 11) is 0. The molecule has 2 heterocycles. The van der Waals surface area contributed by atoms with E-state index in [4.69, 9.17) is 0 Å². The van der Waals surface area contributed by atoms with Gasteiger partial charge in [0.05, 0.1) is 5.60 Å². The minimum atomic E-state index is -0.522. The Morgan fingerprint density at radius 3 is 2.76 bits per heavy atom. The molecule has 0 spiro atoms. The zero-order chi connectivity index (χ0) is 14.5. The topological polar surface area (TPSA) is 67.2 Å². The number of carbonyl (C=O) groups is 1. The number of imidazole rings is 1. The molecule has 114 valence electrons. The van der Waals surface area contributed by atoms with Gasteiger partial charge in [0.1, 0.15) is 0 Å². The lowest BCUT2D eigenvalue weighted by atomic mass is 9.69. The van der Waals surface area contributed by atoms with Crippen LogP contribution < -0.4 is 5.32 Å². The molecule has 2 aliphatic carbocycles. The molecular weight excluding hydrogens is 266 g/mol. The number of aryl methyl sites for hydroxylation is 1. The number of fused-ring (bicyclic) bond motifs is 1. The van der Waals surface area contributed by atoms with Crippen LogP contribution in [-0.4, -0.2) is 32.7 Å². The van der Waals surface area contributed by atoms with Crippen molar-refractivity contribution in [1.82, 2.24) is 14.9 Å². The quantitative estimate of drug-likeness (QED) is 0.885. The molecule has 2 saturated carbocycles. The maximum atomic E-state index is 12.4. The average Bonchev–Trinajstić information content (AvgIpc) is 3.14. The molecule has 2 N–H and O–H groups in total. The van der Waals surface area contributed by atoms with Crippen LogP contribution in [0.15, 0.2) is 6.20 Å². The Balaban J connectivity index is 1.44. The van der Waals surface area contributed by atoms with Crippen LogP contribution in [0.5, 0.6) is 0 Å². The van der Waals surface area contributed by atoms with E-state index in [1.165, 1.54) is 12.1 Å². The molecule has 5 heteroatoms. The van der Waals surface area contributed by atoms with Gasteiger partial charge in [0.2, 0.25) is 0 Å². The van der Waals surface area contributed by atoms with E-state index >= 15 is 0 Å². The zero-order valence-corrected chi connectivity index (χ0v) is 12.4. The second-order valence-corrected chi connectivity index (χ2v) is 7.03. The largest absolute Gasteiger partial charge is 0.389 e. The van der Waals surface area contributed by atoms with Crippen molar-refractivity contribution in [1.29, 1.82) is 0 Å². The molecule has 2 fully saturated rings. The summed E-state index contributed by atoms with van der Waals surface area (Å²) in [6.07, 6.45) is 10.1. The van der Waals surface area contributed by atoms with Gasteiger partial charge in [-0.1, -0.05) is 0 Å². The first-order valence-corrected chi connectivity index (χ1v) is 8.19. The molecule has 0 bridgehead atoms. The molecule has 0 radical (unpaired) electrons. The predicted molar refractivity (Wildman–Crippen MR) is 78.0 cm³/mol. The van der Waals surface area contributed by atoms with E-state index in [0.717, 1.165) is 51.5 Å². The summed E-state index contributed by atoms with van der Waals surface area (Å²) >= 11 is 0. The van der Waals surface area contributed by atoms with Crippen LogP contribution in [0.3, 0.4) is 0 Å². The smallest absolute Gasteiger partial charge is 0.287 e. The Morgan fingerprint density at radius 1 is 1.29 bits per heavy atom. The van der Waals surface area contributed by atoms with Gasteiger partial charge in [-0.25, -0.2) is 4.98 Å². The Hall–Kier alpha value is -1.36. The third kappa shape index (κ3) is 2.01. The summed E-state index contributed by atoms with van der Waals surface area (Å²) in [5.74, 6) is 0.457. The number of aliphatic hydroxyl groups is 1. The number of nitrogens with zero attached hydrogens (tertiary/aromatic N) is 2. The fourth-order valence-electron chi connectivity index (χ4n) is 3.95. The zero-order valence-electron chi connectivity index (χ0n) is 12.4. The van der Waals surface area contributed by atoms with Gasteiger partial charge in [-0.2, -0.15) is 0 Å². The van der Waals surface area contributed by atoms with Gasteiger partial charge >= 0.3 is 0 Å². The van der Waals surface area contributed by atoms with E-state index in [9.17, 15) is 9.90 Å². The second-order valence-electron chi connectivity index (χ2n) is 7.03. The van der Waals surface area contributed by atoms with E-state index in [1.807, 2.05) is 6.20 Å². The fraction of sp³-hybridized carbons (Fsp3) is 0.750. The van der Waals surface area contributed by atoms with Crippen molar-refractivity contribution in [3.63, 3.8) is 0 Å². The number of hydrogen-bond acceptors (Lipinski definition) is 3. The Labute approximate surface area is 124 Å². The van der Waals surface area contributed by atoms with E-state index in [2.05, 4.69) is 14.9 Å². The Bertz CT molecular complexity index is 570. The highest BCUT2D eigenvalue weighted by molar-refractivity contribution is 5.91. The Kier molecular flexibility index (Phi) is 2.89. The minimum absolute atomic E-state index is 0.0573. The molecule has 0 unspecified atom stereocenters. The number of hydrogen-bond donors (Lipinski definition) is 2. The number of amides is 1. The maximum Gasteiger partial charge on any atom is 0.287 e. The van der Waals surface area contributed by atoms with Crippen molar-refractivity contribution in [3.05, 3.63) is 17.7 Å². The van der Waals surface area contributed by atoms with Gasteiger partial charge in [0.15, 0.2) is 5.82 Å². The fourth-order valence-corrected chi connectivity index (χ4v) is 3.95. The third-order valence-electron chi connectivity index (χ3n) is 5.81. The summed E-state index contributed by atoms with van der Waals surface area (Å²) < 4.78 is 2.05. The third-order valence-corrected chi connectivity index (χ3v) is 5.81. The van der Waals surface area contributed by atoms with Crippen LogP contribution in [0.25, 0.3) is 0 Å². The highest BCUT2D eigenvalue weighted by Gasteiger charge is 2.60. The summed E-state index contributed by atoms with van der Waals surface area (Å²) in [5.41, 5.74) is 0.593. The molecule has 1 aromatic heterocycles. The van der Waals surface area contributed by atoms with Crippen molar-refractivity contribution in [2.45, 2.75) is 63.5 Å². The molecule has 4 rings (SSSR count). The first-order chi connectivity index (χ1) is 10.1. The summed E-state index contributed by atoms with van der Waals surface area (Å²) in [6, 6.07) is 0. The Morgan fingerprint density at radius 2 is 2.10 bits per heavy atom. The molecule has 0 saturated heterocycles. The monoisotopic (exact) mass is 289 g/mol. The SMILES string of the molecule is O=C(NCC1(C2(O)CCC2)CC1)c1ncc2n1CCCC2. The number of carbonyl (C=O) groups excluding carboxylic acids is 1. The minimum Gasteiger partial charge on any atom is -0.389 e. The molecular formula is C16H23N3O2. The van der Waals surface area contributed by atoms with Crippen LogP contribution in [0.4, 0.5) is 0 Å².